The van der Waals surface area contributed by atoms with Crippen molar-refractivity contribution in [2.24, 2.45) is 0 Å². The zero-order valence-corrected chi connectivity index (χ0v) is 18.5. The number of aromatic nitrogens is 3. The molecule has 0 atom stereocenters. The number of benzene rings is 2. The van der Waals surface area contributed by atoms with Crippen LogP contribution in [0.25, 0.3) is 0 Å². The van der Waals surface area contributed by atoms with E-state index in [4.69, 9.17) is 27.9 Å². The van der Waals surface area contributed by atoms with E-state index in [0.29, 0.717) is 21.5 Å². The van der Waals surface area contributed by atoms with Crippen LogP contribution in [0.2, 0.25) is 10.0 Å². The molecule has 0 radical (unpaired) electrons. The van der Waals surface area contributed by atoms with Crippen LogP contribution in [0.5, 0.6) is 5.75 Å². The Balaban J connectivity index is 2.02. The van der Waals surface area contributed by atoms with E-state index in [-0.39, 0.29) is 31.7 Å². The molecule has 3 rings (SSSR count). The highest BCUT2D eigenvalue weighted by molar-refractivity contribution is 6.32. The van der Waals surface area contributed by atoms with Crippen molar-refractivity contribution in [3.63, 3.8) is 0 Å². The van der Waals surface area contributed by atoms with Crippen LogP contribution in [0.15, 0.2) is 52.1 Å². The quantitative estimate of drug-likeness (QED) is 0.530. The summed E-state index contributed by atoms with van der Waals surface area (Å²) in [6.45, 7) is 3.40. The largest absolute Gasteiger partial charge is 0.489 e. The first kappa shape index (κ1) is 22.9. The Kier molecular flexibility index (Phi) is 7.37. The molecule has 2 aromatic carbocycles. The van der Waals surface area contributed by atoms with E-state index in [1.54, 1.807) is 42.5 Å². The second kappa shape index (κ2) is 10.00. The summed E-state index contributed by atoms with van der Waals surface area (Å²) in [7, 11) is 0. The molecule has 31 heavy (non-hydrogen) atoms. The van der Waals surface area contributed by atoms with E-state index in [0.717, 1.165) is 10.1 Å². The van der Waals surface area contributed by atoms with Gasteiger partial charge in [-0.2, -0.15) is 4.98 Å². The van der Waals surface area contributed by atoms with E-state index < -0.39 is 11.4 Å². The van der Waals surface area contributed by atoms with Crippen molar-refractivity contribution in [3.8, 4) is 5.75 Å². The molecular formula is C21H22Cl2N4O4. The number of hydrogen-bond donors (Lipinski definition) is 2. The summed E-state index contributed by atoms with van der Waals surface area (Å²) in [5.74, 6) is 0.569. The van der Waals surface area contributed by atoms with Gasteiger partial charge in [0.25, 0.3) is 0 Å². The minimum absolute atomic E-state index is 0.0401. The van der Waals surface area contributed by atoms with Crippen LogP contribution in [-0.4, -0.2) is 31.9 Å². The lowest BCUT2D eigenvalue weighted by Crippen LogP contribution is -2.43. The molecule has 0 amide bonds. The molecule has 10 heteroatoms. The third-order valence-electron chi connectivity index (χ3n) is 4.28. The molecule has 164 valence electrons. The van der Waals surface area contributed by atoms with Crippen LogP contribution < -0.4 is 21.4 Å². The Bertz CT molecular complexity index is 1170. The van der Waals surface area contributed by atoms with Gasteiger partial charge in [-0.3, -0.25) is 4.57 Å². The van der Waals surface area contributed by atoms with Crippen molar-refractivity contribution in [2.45, 2.75) is 33.0 Å². The van der Waals surface area contributed by atoms with E-state index >= 15 is 0 Å². The Labute approximate surface area is 188 Å². The first-order chi connectivity index (χ1) is 14.8. The van der Waals surface area contributed by atoms with Crippen molar-refractivity contribution < 1.29 is 9.84 Å². The Morgan fingerprint density at radius 2 is 1.81 bits per heavy atom. The Morgan fingerprint density at radius 1 is 1.10 bits per heavy atom. The molecule has 8 nitrogen and oxygen atoms in total. The van der Waals surface area contributed by atoms with Crippen LogP contribution in [0.3, 0.4) is 0 Å². The number of halogens is 2. The molecule has 1 heterocycles. The standard InChI is InChI=1S/C21H22Cl2N4O4/c1-13(2)31-18-8-7-16(11-17(18)23)24-19-25-20(29)26(9-10-28)21(30)27(19)12-14-3-5-15(22)6-4-14/h3-8,11,13,28H,9-10,12H2,1-2H3,(H,24,25,29). The SMILES string of the molecule is CC(C)Oc1ccc(Nc2nc(=O)n(CCO)c(=O)n2Cc2ccc(Cl)cc2)cc1Cl. The first-order valence-electron chi connectivity index (χ1n) is 9.58. The summed E-state index contributed by atoms with van der Waals surface area (Å²) in [5, 5.41) is 13.1. The summed E-state index contributed by atoms with van der Waals surface area (Å²) < 4.78 is 7.82. The molecule has 0 unspecified atom stereocenters. The normalized spacial score (nSPS) is 11.0. The van der Waals surface area contributed by atoms with Gasteiger partial charge in [-0.15, -0.1) is 0 Å². The van der Waals surface area contributed by atoms with Gasteiger partial charge >= 0.3 is 11.4 Å². The van der Waals surface area contributed by atoms with Gasteiger partial charge in [-0.05, 0) is 49.7 Å². The fraction of sp³-hybridized carbons (Fsp3) is 0.286. The predicted molar refractivity (Wildman–Crippen MR) is 121 cm³/mol. The lowest BCUT2D eigenvalue weighted by Gasteiger charge is -2.16. The second-order valence-corrected chi connectivity index (χ2v) is 7.87. The van der Waals surface area contributed by atoms with Crippen molar-refractivity contribution in [1.29, 1.82) is 0 Å². The summed E-state index contributed by atoms with van der Waals surface area (Å²) in [5.41, 5.74) is -0.0569. The molecule has 0 saturated carbocycles. The van der Waals surface area contributed by atoms with E-state index in [9.17, 15) is 14.7 Å². The molecule has 0 spiro atoms. The highest BCUT2D eigenvalue weighted by Crippen LogP contribution is 2.29. The zero-order chi connectivity index (χ0) is 22.5. The monoisotopic (exact) mass is 464 g/mol. The highest BCUT2D eigenvalue weighted by Gasteiger charge is 2.15. The van der Waals surface area contributed by atoms with Crippen LogP contribution in [0.4, 0.5) is 11.6 Å². The van der Waals surface area contributed by atoms with Gasteiger partial charge < -0.3 is 15.2 Å². The summed E-state index contributed by atoms with van der Waals surface area (Å²) in [6.07, 6.45) is -0.0401. The number of nitrogens with one attached hydrogen (secondary N) is 1. The average molecular weight is 465 g/mol. The minimum Gasteiger partial charge on any atom is -0.489 e. The van der Waals surface area contributed by atoms with Crippen LogP contribution in [0, 0.1) is 0 Å². The van der Waals surface area contributed by atoms with Crippen LogP contribution >= 0.6 is 23.2 Å². The van der Waals surface area contributed by atoms with Gasteiger partial charge in [0.1, 0.15) is 5.75 Å². The van der Waals surface area contributed by atoms with Gasteiger partial charge in [0, 0.05) is 10.7 Å². The van der Waals surface area contributed by atoms with Gasteiger partial charge in [0.05, 0.1) is 30.8 Å². The van der Waals surface area contributed by atoms with Gasteiger partial charge in [0.2, 0.25) is 5.95 Å². The molecule has 0 fully saturated rings. The van der Waals surface area contributed by atoms with Crippen LogP contribution in [0.1, 0.15) is 19.4 Å². The Hall–Kier alpha value is -2.81. The number of ether oxygens (including phenoxy) is 1. The molecule has 1 aromatic heterocycles. The molecule has 0 bridgehead atoms. The van der Waals surface area contributed by atoms with Gasteiger partial charge in [0.15, 0.2) is 0 Å². The van der Waals surface area contributed by atoms with E-state index in [2.05, 4.69) is 10.3 Å². The second-order valence-electron chi connectivity index (χ2n) is 7.03. The molecule has 0 aliphatic heterocycles. The topological polar surface area (TPSA) is 98.4 Å². The molecule has 2 N–H and O–H groups in total. The molecule has 3 aromatic rings. The maximum absolute atomic E-state index is 13.0. The summed E-state index contributed by atoms with van der Waals surface area (Å²) in [6, 6.07) is 12.0. The number of hydrogen-bond acceptors (Lipinski definition) is 6. The molecule has 0 aliphatic carbocycles. The number of aliphatic hydroxyl groups excluding tert-OH is 1. The van der Waals surface area contributed by atoms with E-state index in [1.165, 1.54) is 4.57 Å². The molecule has 0 aliphatic rings. The highest BCUT2D eigenvalue weighted by atomic mass is 35.5. The van der Waals surface area contributed by atoms with Crippen molar-refractivity contribution in [1.82, 2.24) is 14.1 Å². The minimum atomic E-state index is -0.764. The number of aliphatic hydroxyl groups is 1. The fourth-order valence-corrected chi connectivity index (χ4v) is 3.24. The van der Waals surface area contributed by atoms with Crippen molar-refractivity contribution >= 4 is 34.8 Å². The van der Waals surface area contributed by atoms with Crippen molar-refractivity contribution in [2.75, 3.05) is 11.9 Å². The predicted octanol–water partition coefficient (Wildman–Crippen LogP) is 3.28. The first-order valence-corrected chi connectivity index (χ1v) is 10.3. The average Bonchev–Trinajstić information content (AvgIpc) is 2.71. The molecular weight excluding hydrogens is 443 g/mol. The summed E-state index contributed by atoms with van der Waals surface area (Å²) >= 11 is 12.2. The third kappa shape index (κ3) is 5.66. The van der Waals surface area contributed by atoms with Gasteiger partial charge in [-0.1, -0.05) is 35.3 Å². The number of rotatable bonds is 8. The maximum Gasteiger partial charge on any atom is 0.355 e. The van der Waals surface area contributed by atoms with E-state index in [1.807, 2.05) is 13.8 Å². The lowest BCUT2D eigenvalue weighted by atomic mass is 10.2. The fourth-order valence-electron chi connectivity index (χ4n) is 2.89. The third-order valence-corrected chi connectivity index (χ3v) is 4.83. The Morgan fingerprint density at radius 3 is 2.42 bits per heavy atom. The smallest absolute Gasteiger partial charge is 0.355 e. The number of anilines is 2. The van der Waals surface area contributed by atoms with Gasteiger partial charge in [-0.25, -0.2) is 14.2 Å². The zero-order valence-electron chi connectivity index (χ0n) is 17.0. The lowest BCUT2D eigenvalue weighted by molar-refractivity contribution is 0.242. The van der Waals surface area contributed by atoms with Crippen molar-refractivity contribution in [3.05, 3.63) is 79.0 Å². The summed E-state index contributed by atoms with van der Waals surface area (Å²) in [4.78, 5) is 29.3. The maximum atomic E-state index is 13.0. The van der Waals surface area contributed by atoms with Crippen LogP contribution in [-0.2, 0) is 13.1 Å². The number of nitrogens with zero attached hydrogens (tertiary/aromatic N) is 3. The molecule has 0 saturated heterocycles.